The number of rotatable bonds is 9. The topological polar surface area (TPSA) is 129 Å². The third kappa shape index (κ3) is 5.43. The molecule has 4 aromatic heterocycles. The predicted molar refractivity (Wildman–Crippen MR) is 151 cm³/mol. The fourth-order valence-corrected chi connectivity index (χ4v) is 5.15. The SMILES string of the molecule is CCC(C(=O)Nc1nccc2c(-c3nc(Nc4cn(C)nc4OC)ncc3C)c[nH]c12)N1CCN(CC)CC1. The minimum Gasteiger partial charge on any atom is -0.478 e. The van der Waals surface area contributed by atoms with Crippen LogP contribution in [0.3, 0.4) is 0 Å². The van der Waals surface area contributed by atoms with Crippen LogP contribution in [-0.4, -0.2) is 91.3 Å². The van der Waals surface area contributed by atoms with Crippen LogP contribution >= 0.6 is 0 Å². The van der Waals surface area contributed by atoms with Gasteiger partial charge in [0.2, 0.25) is 11.9 Å². The number of piperazine rings is 1. The molecule has 206 valence electrons. The molecule has 0 saturated carbocycles. The van der Waals surface area contributed by atoms with E-state index in [2.05, 4.69) is 54.3 Å². The highest BCUT2D eigenvalue weighted by Gasteiger charge is 2.28. The van der Waals surface area contributed by atoms with Crippen molar-refractivity contribution in [2.24, 2.45) is 7.05 Å². The molecule has 0 aromatic carbocycles. The van der Waals surface area contributed by atoms with E-state index in [0.29, 0.717) is 23.3 Å². The zero-order valence-electron chi connectivity index (χ0n) is 23.2. The molecule has 5 rings (SSSR count). The number of anilines is 3. The van der Waals surface area contributed by atoms with Crippen LogP contribution in [0.4, 0.5) is 17.5 Å². The molecule has 4 aromatic rings. The lowest BCUT2D eigenvalue weighted by Gasteiger charge is -2.37. The quantitative estimate of drug-likeness (QED) is 0.298. The number of methoxy groups -OCH3 is 1. The Labute approximate surface area is 227 Å². The Hall–Kier alpha value is -4.03. The molecule has 1 fully saturated rings. The summed E-state index contributed by atoms with van der Waals surface area (Å²) >= 11 is 0. The third-order valence-electron chi connectivity index (χ3n) is 7.29. The zero-order chi connectivity index (χ0) is 27.5. The number of ether oxygens (including phenoxy) is 1. The van der Waals surface area contributed by atoms with Crippen LogP contribution in [0.15, 0.2) is 30.9 Å². The number of carbonyl (C=O) groups excluding carboxylic acids is 1. The zero-order valence-corrected chi connectivity index (χ0v) is 23.2. The second kappa shape index (κ2) is 11.4. The summed E-state index contributed by atoms with van der Waals surface area (Å²) in [5, 5.41) is 11.5. The van der Waals surface area contributed by atoms with E-state index >= 15 is 0 Å². The van der Waals surface area contributed by atoms with Gasteiger partial charge in [0.25, 0.3) is 5.88 Å². The first-order valence-electron chi connectivity index (χ1n) is 13.3. The van der Waals surface area contributed by atoms with Gasteiger partial charge >= 0.3 is 0 Å². The van der Waals surface area contributed by atoms with E-state index in [9.17, 15) is 4.79 Å². The molecule has 39 heavy (non-hydrogen) atoms. The minimum absolute atomic E-state index is 0.0336. The lowest BCUT2D eigenvalue weighted by Crippen LogP contribution is -2.53. The number of nitrogens with zero attached hydrogens (tertiary/aromatic N) is 7. The molecule has 1 aliphatic heterocycles. The van der Waals surface area contributed by atoms with Gasteiger partial charge in [0.05, 0.1) is 30.6 Å². The summed E-state index contributed by atoms with van der Waals surface area (Å²) in [5.41, 5.74) is 4.01. The van der Waals surface area contributed by atoms with Crippen LogP contribution in [0.2, 0.25) is 0 Å². The van der Waals surface area contributed by atoms with Crippen molar-refractivity contribution in [3.63, 3.8) is 0 Å². The van der Waals surface area contributed by atoms with Crippen molar-refractivity contribution in [2.75, 3.05) is 50.5 Å². The molecule has 1 amide bonds. The van der Waals surface area contributed by atoms with Gasteiger partial charge < -0.3 is 25.3 Å². The predicted octanol–water partition coefficient (Wildman–Crippen LogP) is 3.17. The van der Waals surface area contributed by atoms with E-state index in [1.807, 2.05) is 26.2 Å². The Morgan fingerprint density at radius 1 is 1.21 bits per heavy atom. The van der Waals surface area contributed by atoms with E-state index in [4.69, 9.17) is 9.72 Å². The molecule has 0 spiro atoms. The molecule has 12 nitrogen and oxygen atoms in total. The number of amides is 1. The van der Waals surface area contributed by atoms with E-state index in [0.717, 1.165) is 66.9 Å². The summed E-state index contributed by atoms with van der Waals surface area (Å²) in [6.07, 6.45) is 7.93. The number of aromatic nitrogens is 6. The monoisotopic (exact) mass is 532 g/mol. The van der Waals surface area contributed by atoms with Gasteiger partial charge in [-0.25, -0.2) is 15.0 Å². The standard InChI is InChI=1S/C27H36N10O2/c1-6-21(37-12-10-36(7-2)11-13-37)25(38)33-24-23-18(8-9-28-24)19(15-29-23)22-17(3)14-30-27(32-22)31-20-16-35(4)34-26(20)39-5/h8-9,14-16,21,29H,6-7,10-13H2,1-5H3,(H,28,33,38)(H,30,31,32). The van der Waals surface area contributed by atoms with Crippen LogP contribution in [0.1, 0.15) is 25.8 Å². The first-order chi connectivity index (χ1) is 18.9. The van der Waals surface area contributed by atoms with Crippen LogP contribution in [0.25, 0.3) is 22.2 Å². The van der Waals surface area contributed by atoms with E-state index in [1.165, 1.54) is 0 Å². The van der Waals surface area contributed by atoms with E-state index in [1.54, 1.807) is 30.4 Å². The average molecular weight is 533 g/mol. The molecule has 5 heterocycles. The van der Waals surface area contributed by atoms with E-state index in [-0.39, 0.29) is 11.9 Å². The smallest absolute Gasteiger partial charge is 0.256 e. The maximum absolute atomic E-state index is 13.4. The van der Waals surface area contributed by atoms with Crippen molar-refractivity contribution in [3.05, 3.63) is 36.4 Å². The molecular weight excluding hydrogens is 496 g/mol. The highest BCUT2D eigenvalue weighted by molar-refractivity contribution is 6.05. The van der Waals surface area contributed by atoms with Gasteiger partial charge in [-0.05, 0) is 31.5 Å². The maximum Gasteiger partial charge on any atom is 0.256 e. The number of pyridine rings is 1. The number of aryl methyl sites for hydroxylation is 2. The van der Waals surface area contributed by atoms with Crippen molar-refractivity contribution in [2.45, 2.75) is 33.2 Å². The summed E-state index contributed by atoms with van der Waals surface area (Å²) in [4.78, 5) is 35.1. The number of nitrogens with one attached hydrogen (secondary N) is 3. The number of H-pyrrole nitrogens is 1. The molecule has 0 aliphatic carbocycles. The van der Waals surface area contributed by atoms with Gasteiger partial charge in [-0.3, -0.25) is 14.4 Å². The summed E-state index contributed by atoms with van der Waals surface area (Å²) in [7, 11) is 3.39. The average Bonchev–Trinajstić information content (AvgIpc) is 3.54. The van der Waals surface area contributed by atoms with Crippen LogP contribution < -0.4 is 15.4 Å². The Morgan fingerprint density at radius 3 is 2.72 bits per heavy atom. The fraction of sp³-hybridized carbons (Fsp3) is 0.444. The molecule has 0 radical (unpaired) electrons. The van der Waals surface area contributed by atoms with Gasteiger partial charge in [-0.1, -0.05) is 13.8 Å². The Morgan fingerprint density at radius 2 is 2.00 bits per heavy atom. The Bertz CT molecular complexity index is 1450. The normalized spacial score (nSPS) is 15.4. The fourth-order valence-electron chi connectivity index (χ4n) is 5.15. The molecular formula is C27H36N10O2. The van der Waals surface area contributed by atoms with E-state index < -0.39 is 0 Å². The highest BCUT2D eigenvalue weighted by Crippen LogP contribution is 2.33. The maximum atomic E-state index is 13.4. The van der Waals surface area contributed by atoms with Gasteiger partial charge in [0.15, 0.2) is 5.82 Å². The van der Waals surface area contributed by atoms with Crippen molar-refractivity contribution in [1.82, 2.24) is 39.5 Å². The third-order valence-corrected chi connectivity index (χ3v) is 7.29. The first-order valence-corrected chi connectivity index (χ1v) is 13.3. The summed E-state index contributed by atoms with van der Waals surface area (Å²) in [5.74, 6) is 1.36. The number of fused-ring (bicyclic) bond motifs is 1. The molecule has 1 unspecified atom stereocenters. The van der Waals surface area contributed by atoms with Crippen molar-refractivity contribution >= 4 is 34.3 Å². The molecule has 3 N–H and O–H groups in total. The molecule has 1 atom stereocenters. The first kappa shape index (κ1) is 26.6. The van der Waals surface area contributed by atoms with Crippen LogP contribution in [0, 0.1) is 6.92 Å². The summed E-state index contributed by atoms with van der Waals surface area (Å²) < 4.78 is 7.00. The van der Waals surface area contributed by atoms with Crippen molar-refractivity contribution in [1.29, 1.82) is 0 Å². The molecule has 1 aliphatic rings. The second-order valence-electron chi connectivity index (χ2n) is 9.74. The molecule has 1 saturated heterocycles. The second-order valence-corrected chi connectivity index (χ2v) is 9.74. The summed E-state index contributed by atoms with van der Waals surface area (Å²) in [6, 6.07) is 1.73. The highest BCUT2D eigenvalue weighted by atomic mass is 16.5. The van der Waals surface area contributed by atoms with Crippen LogP contribution in [0.5, 0.6) is 5.88 Å². The van der Waals surface area contributed by atoms with Gasteiger partial charge in [-0.15, -0.1) is 5.10 Å². The largest absolute Gasteiger partial charge is 0.478 e. The lowest BCUT2D eigenvalue weighted by atomic mass is 10.1. The van der Waals surface area contributed by atoms with Gasteiger partial charge in [0.1, 0.15) is 5.69 Å². The molecule has 12 heteroatoms. The lowest BCUT2D eigenvalue weighted by molar-refractivity contribution is -0.122. The number of hydrogen-bond donors (Lipinski definition) is 3. The van der Waals surface area contributed by atoms with Gasteiger partial charge in [-0.2, -0.15) is 0 Å². The van der Waals surface area contributed by atoms with Crippen molar-refractivity contribution < 1.29 is 9.53 Å². The minimum atomic E-state index is -0.197. The number of hydrogen-bond acceptors (Lipinski definition) is 9. The summed E-state index contributed by atoms with van der Waals surface area (Å²) in [6.45, 7) is 11.0. The number of aromatic amines is 1. The molecule has 0 bridgehead atoms. The van der Waals surface area contributed by atoms with Gasteiger partial charge in [0, 0.05) is 62.8 Å². The number of carbonyl (C=O) groups is 1. The Balaban J connectivity index is 1.39. The van der Waals surface area contributed by atoms with Crippen LogP contribution in [-0.2, 0) is 11.8 Å². The Kier molecular flexibility index (Phi) is 7.75. The number of likely N-dealkylation sites (N-methyl/N-ethyl adjacent to an activating group) is 1. The van der Waals surface area contributed by atoms with Crippen molar-refractivity contribution in [3.8, 4) is 17.1 Å².